The summed E-state index contributed by atoms with van der Waals surface area (Å²) in [5.41, 5.74) is 0.420. The molecule has 0 saturated heterocycles. The molecule has 0 spiro atoms. The lowest BCUT2D eigenvalue weighted by atomic mass is 10.2. The molecule has 11 nitrogen and oxygen atoms in total. The summed E-state index contributed by atoms with van der Waals surface area (Å²) in [6, 6.07) is 9.11. The summed E-state index contributed by atoms with van der Waals surface area (Å²) in [5, 5.41) is 16.0. The molecular formula is C19H22N4O7S. The Morgan fingerprint density at radius 3 is 2.39 bits per heavy atom. The molecule has 0 aromatic heterocycles. The summed E-state index contributed by atoms with van der Waals surface area (Å²) in [6.07, 6.45) is 0. The largest absolute Gasteiger partial charge is 0.383 e. The van der Waals surface area contributed by atoms with Crippen LogP contribution in [0.3, 0.4) is 0 Å². The van der Waals surface area contributed by atoms with Crippen molar-refractivity contribution < 1.29 is 27.7 Å². The average molecular weight is 450 g/mol. The maximum atomic E-state index is 12.5. The SMILES string of the molecule is COCCNC(=O)CNC(=O)c1ccc(NS(=O)(=O)c2ccc(C)c([N+](=O)[O-])c2)cc1. The number of rotatable bonds is 10. The van der Waals surface area contributed by atoms with Crippen LogP contribution in [0.5, 0.6) is 0 Å². The Morgan fingerprint density at radius 2 is 1.77 bits per heavy atom. The highest BCUT2D eigenvalue weighted by molar-refractivity contribution is 7.92. The maximum absolute atomic E-state index is 12.5. The van der Waals surface area contributed by atoms with E-state index in [2.05, 4.69) is 15.4 Å². The van der Waals surface area contributed by atoms with Crippen molar-refractivity contribution >= 4 is 33.2 Å². The number of carbonyl (C=O) groups is 2. The molecular weight excluding hydrogens is 428 g/mol. The Labute approximate surface area is 179 Å². The summed E-state index contributed by atoms with van der Waals surface area (Å²) in [6.45, 7) is 1.97. The molecule has 2 aromatic rings. The number of amides is 2. The third kappa shape index (κ3) is 6.76. The van der Waals surface area contributed by atoms with Crippen molar-refractivity contribution in [2.45, 2.75) is 11.8 Å². The van der Waals surface area contributed by atoms with E-state index in [1.165, 1.54) is 50.4 Å². The van der Waals surface area contributed by atoms with Gasteiger partial charge in [0.1, 0.15) is 0 Å². The second kappa shape index (κ2) is 10.5. The number of benzene rings is 2. The number of nitrogens with one attached hydrogen (secondary N) is 3. The lowest BCUT2D eigenvalue weighted by Crippen LogP contribution is -2.38. The van der Waals surface area contributed by atoms with Gasteiger partial charge < -0.3 is 15.4 Å². The molecule has 0 atom stereocenters. The Hall–Kier alpha value is -3.51. The van der Waals surface area contributed by atoms with Gasteiger partial charge in [0, 0.05) is 36.5 Å². The van der Waals surface area contributed by atoms with E-state index in [0.29, 0.717) is 18.7 Å². The van der Waals surface area contributed by atoms with Gasteiger partial charge in [0.05, 0.1) is 23.0 Å². The number of sulfonamides is 1. The normalized spacial score (nSPS) is 10.9. The first kappa shape index (κ1) is 23.8. The maximum Gasteiger partial charge on any atom is 0.273 e. The van der Waals surface area contributed by atoms with Crippen molar-refractivity contribution in [1.82, 2.24) is 10.6 Å². The first-order valence-corrected chi connectivity index (χ1v) is 10.5. The van der Waals surface area contributed by atoms with Gasteiger partial charge in [-0.25, -0.2) is 8.42 Å². The summed E-state index contributed by atoms with van der Waals surface area (Å²) in [4.78, 5) is 33.8. The van der Waals surface area contributed by atoms with E-state index >= 15 is 0 Å². The summed E-state index contributed by atoms with van der Waals surface area (Å²) in [7, 11) is -2.57. The minimum absolute atomic E-state index is 0.164. The van der Waals surface area contributed by atoms with Gasteiger partial charge in [-0.3, -0.25) is 24.4 Å². The van der Waals surface area contributed by atoms with Gasteiger partial charge in [-0.2, -0.15) is 0 Å². The van der Waals surface area contributed by atoms with Crippen LogP contribution in [0.15, 0.2) is 47.4 Å². The number of nitrogens with zero attached hydrogens (tertiary/aromatic N) is 1. The number of methoxy groups -OCH3 is 1. The molecule has 0 bridgehead atoms. The molecule has 0 aliphatic rings. The van der Waals surface area contributed by atoms with Crippen molar-refractivity contribution in [2.75, 3.05) is 31.5 Å². The zero-order chi connectivity index (χ0) is 23.0. The first-order valence-electron chi connectivity index (χ1n) is 9.06. The number of hydrogen-bond acceptors (Lipinski definition) is 7. The fraction of sp³-hybridized carbons (Fsp3) is 0.263. The number of carbonyl (C=O) groups excluding carboxylic acids is 2. The van der Waals surface area contributed by atoms with Crippen molar-refractivity contribution in [3.63, 3.8) is 0 Å². The molecule has 0 radical (unpaired) electrons. The van der Waals surface area contributed by atoms with Crippen molar-refractivity contribution in [3.05, 3.63) is 63.7 Å². The predicted molar refractivity (Wildman–Crippen MR) is 112 cm³/mol. The zero-order valence-electron chi connectivity index (χ0n) is 16.9. The minimum Gasteiger partial charge on any atom is -0.383 e. The van der Waals surface area contributed by atoms with Gasteiger partial charge in [0.15, 0.2) is 0 Å². The highest BCUT2D eigenvalue weighted by atomic mass is 32.2. The molecule has 2 aromatic carbocycles. The van der Waals surface area contributed by atoms with Crippen LogP contribution in [-0.4, -0.2) is 52.0 Å². The summed E-state index contributed by atoms with van der Waals surface area (Å²) < 4.78 is 32.2. The average Bonchev–Trinajstić information content (AvgIpc) is 2.72. The van der Waals surface area contributed by atoms with Crippen LogP contribution in [0, 0.1) is 17.0 Å². The van der Waals surface area contributed by atoms with Crippen LogP contribution >= 0.6 is 0 Å². The zero-order valence-corrected chi connectivity index (χ0v) is 17.7. The van der Waals surface area contributed by atoms with Crippen LogP contribution in [0.2, 0.25) is 0 Å². The molecule has 166 valence electrons. The predicted octanol–water partition coefficient (Wildman–Crippen LogP) is 1.20. The molecule has 2 rings (SSSR count). The number of nitro groups is 1. The second-order valence-electron chi connectivity index (χ2n) is 6.41. The molecule has 0 heterocycles. The van der Waals surface area contributed by atoms with E-state index < -0.39 is 20.9 Å². The fourth-order valence-electron chi connectivity index (χ4n) is 2.47. The lowest BCUT2D eigenvalue weighted by Gasteiger charge is -2.10. The van der Waals surface area contributed by atoms with Gasteiger partial charge in [-0.1, -0.05) is 6.07 Å². The van der Waals surface area contributed by atoms with E-state index in [1.807, 2.05) is 0 Å². The smallest absolute Gasteiger partial charge is 0.273 e. The van der Waals surface area contributed by atoms with E-state index in [-0.39, 0.29) is 34.3 Å². The van der Waals surface area contributed by atoms with Crippen LogP contribution in [0.4, 0.5) is 11.4 Å². The third-order valence-corrected chi connectivity index (χ3v) is 5.50. The Kier molecular flexibility index (Phi) is 8.05. The lowest BCUT2D eigenvalue weighted by molar-refractivity contribution is -0.385. The van der Waals surface area contributed by atoms with Crippen molar-refractivity contribution in [2.24, 2.45) is 0 Å². The standard InChI is InChI=1S/C19H22N4O7S/c1-13-3-8-16(11-17(13)23(26)27)31(28,29)22-15-6-4-14(5-7-15)19(25)21-12-18(24)20-9-10-30-2/h3-8,11,22H,9-10,12H2,1-2H3,(H,20,24)(H,21,25). The minimum atomic E-state index is -4.07. The molecule has 0 unspecified atom stereocenters. The molecule has 0 aliphatic carbocycles. The number of nitro benzene ring substituents is 1. The number of anilines is 1. The monoisotopic (exact) mass is 450 g/mol. The Morgan fingerprint density at radius 1 is 1.10 bits per heavy atom. The number of hydrogen-bond donors (Lipinski definition) is 3. The summed E-state index contributed by atoms with van der Waals surface area (Å²) in [5.74, 6) is -0.882. The topological polar surface area (TPSA) is 157 Å². The number of aryl methyl sites for hydroxylation is 1. The molecule has 0 saturated carbocycles. The van der Waals surface area contributed by atoms with Crippen molar-refractivity contribution in [3.8, 4) is 0 Å². The van der Waals surface area contributed by atoms with E-state index in [4.69, 9.17) is 4.74 Å². The second-order valence-corrected chi connectivity index (χ2v) is 8.10. The van der Waals surface area contributed by atoms with Crippen LogP contribution < -0.4 is 15.4 Å². The number of ether oxygens (including phenoxy) is 1. The van der Waals surface area contributed by atoms with Gasteiger partial charge >= 0.3 is 0 Å². The van der Waals surface area contributed by atoms with E-state index in [9.17, 15) is 28.1 Å². The molecule has 3 N–H and O–H groups in total. The van der Waals surface area contributed by atoms with E-state index in [1.54, 1.807) is 0 Å². The molecule has 31 heavy (non-hydrogen) atoms. The van der Waals surface area contributed by atoms with Crippen LogP contribution in [0.25, 0.3) is 0 Å². The fourth-order valence-corrected chi connectivity index (χ4v) is 3.55. The highest BCUT2D eigenvalue weighted by Gasteiger charge is 2.20. The molecule has 12 heteroatoms. The summed E-state index contributed by atoms with van der Waals surface area (Å²) >= 11 is 0. The third-order valence-electron chi connectivity index (χ3n) is 4.12. The van der Waals surface area contributed by atoms with E-state index in [0.717, 1.165) is 6.07 Å². The van der Waals surface area contributed by atoms with Gasteiger partial charge in [0.2, 0.25) is 5.91 Å². The van der Waals surface area contributed by atoms with Crippen LogP contribution in [0.1, 0.15) is 15.9 Å². The Bertz CT molecular complexity index is 1070. The molecule has 0 fully saturated rings. The molecule has 2 amide bonds. The molecule has 0 aliphatic heterocycles. The van der Waals surface area contributed by atoms with Gasteiger partial charge in [0.25, 0.3) is 21.6 Å². The van der Waals surface area contributed by atoms with Crippen LogP contribution in [-0.2, 0) is 19.6 Å². The Balaban J connectivity index is 2.02. The van der Waals surface area contributed by atoms with Crippen molar-refractivity contribution in [1.29, 1.82) is 0 Å². The highest BCUT2D eigenvalue weighted by Crippen LogP contribution is 2.24. The van der Waals surface area contributed by atoms with Gasteiger partial charge in [-0.05, 0) is 37.3 Å². The quantitative estimate of drug-likeness (QED) is 0.279. The van der Waals surface area contributed by atoms with Gasteiger partial charge in [-0.15, -0.1) is 0 Å². The first-order chi connectivity index (χ1) is 14.6.